The number of aliphatic hydroxyl groups excluding tert-OH is 1. The number of β-amino-alcohol motifs (C(OH)–C–C–N with tert-alkyl or cyclic N) is 1. The molecule has 2 aromatic carbocycles. The Hall–Kier alpha value is -6.31. The number of benzene rings is 2. The maximum Gasteiger partial charge on any atom is 0.410 e. The number of rotatable bonds is 14. The Morgan fingerprint density at radius 3 is 2.42 bits per heavy atom. The number of para-hydroxylation sites is 1. The maximum absolute atomic E-state index is 14.2. The second kappa shape index (κ2) is 20.5. The Labute approximate surface area is 387 Å². The van der Waals surface area contributed by atoms with Gasteiger partial charge in [0.25, 0.3) is 5.88 Å². The van der Waals surface area contributed by atoms with Crippen LogP contribution in [0.5, 0.6) is 11.6 Å². The zero-order chi connectivity index (χ0) is 46.5. The normalized spacial score (nSPS) is 19.2. The number of hydrogen-bond donors (Lipinski definition) is 4. The van der Waals surface area contributed by atoms with Crippen molar-refractivity contribution >= 4 is 40.7 Å². The van der Waals surface area contributed by atoms with Gasteiger partial charge in [0.15, 0.2) is 11.6 Å². The van der Waals surface area contributed by atoms with E-state index in [2.05, 4.69) is 35.5 Å². The van der Waals surface area contributed by atoms with Crippen molar-refractivity contribution in [3.63, 3.8) is 0 Å². The van der Waals surface area contributed by atoms with Gasteiger partial charge < -0.3 is 50.0 Å². The van der Waals surface area contributed by atoms with Crippen LogP contribution in [0.1, 0.15) is 69.0 Å². The van der Waals surface area contributed by atoms with Crippen LogP contribution in [0.25, 0.3) is 21.7 Å². The molecule has 5 aromatic rings. The van der Waals surface area contributed by atoms with Gasteiger partial charge in [0, 0.05) is 70.4 Å². The fraction of sp³-hybridized carbons (Fsp3) is 0.468. The van der Waals surface area contributed by atoms with Crippen LogP contribution in [0.3, 0.4) is 0 Å². The van der Waals surface area contributed by atoms with Crippen LogP contribution in [0.4, 0.5) is 16.3 Å². The van der Waals surface area contributed by atoms with Crippen molar-refractivity contribution in [2.45, 2.75) is 77.2 Å². The maximum atomic E-state index is 14.2. The number of nitrogens with two attached hydrogens (primary N) is 1. The summed E-state index contributed by atoms with van der Waals surface area (Å²) in [5, 5.41) is 36.4. The molecule has 6 heterocycles. The number of piperazine rings is 1. The third-order valence-corrected chi connectivity index (χ3v) is 13.7. The number of carbonyl (C=O) groups is 3. The number of nitrogens with zero attached hydrogens (tertiary/aromatic N) is 8. The highest BCUT2D eigenvalue weighted by Gasteiger charge is 2.43. The molecule has 0 unspecified atom stereocenters. The summed E-state index contributed by atoms with van der Waals surface area (Å²) in [5.41, 5.74) is 12.7. The molecule has 0 bridgehead atoms. The number of aromatic nitrogens is 4. The minimum atomic E-state index is -0.846. The molecule has 3 amide bonds. The number of likely N-dealkylation sites (tertiary alicyclic amines) is 2. The first-order valence-corrected chi connectivity index (χ1v) is 23.4. The van der Waals surface area contributed by atoms with Crippen LogP contribution in [0, 0.1) is 12.8 Å². The van der Waals surface area contributed by atoms with Gasteiger partial charge in [-0.2, -0.15) is 0 Å². The lowest BCUT2D eigenvalue weighted by Gasteiger charge is -2.37. The van der Waals surface area contributed by atoms with Crippen LogP contribution in [0.2, 0.25) is 0 Å². The van der Waals surface area contributed by atoms with Crippen LogP contribution < -0.4 is 20.7 Å². The number of amides is 3. The molecule has 3 aliphatic rings. The number of phenolic OH excluding ortho intramolecular Hbond substituents is 1. The smallest absolute Gasteiger partial charge is 0.410 e. The number of aliphatic hydroxyl groups is 1. The fourth-order valence-corrected chi connectivity index (χ4v) is 9.76. The Kier molecular flexibility index (Phi) is 14.3. The summed E-state index contributed by atoms with van der Waals surface area (Å²) in [7, 11) is 0. The summed E-state index contributed by atoms with van der Waals surface area (Å²) < 4.78 is 17.6. The standard InChI is InChI=1S/C47H58N10O8S/c1-28(2)42(46(61)57-26-33(58)23-38(57)45(60)50-29(3)31-9-11-32(12-10-31)43-30(4)49-27-66-43)40-25-41(53-65-40)63-22-21-54-15-13-34(14-16-54)64-47(62)56-19-17-55(18-20-56)37-24-36(51-52-44(37)48)35-7-5-6-8-39(35)59/h5-12,24-25,27-29,33-34,38,42,58-59H,13-23,26H2,1-4H3,(H2,48,52)(H,50,60)/t29-,33+,38-,42+/m0/s1. The third-order valence-electron chi connectivity index (χ3n) is 12.7. The van der Waals surface area contributed by atoms with Crippen LogP contribution >= 0.6 is 11.3 Å². The van der Waals surface area contributed by atoms with Crippen molar-refractivity contribution in [3.8, 4) is 33.3 Å². The second-order valence-electron chi connectivity index (χ2n) is 17.6. The molecule has 66 heavy (non-hydrogen) atoms. The Bertz CT molecular complexity index is 2470. The minimum absolute atomic E-state index is 0.0349. The van der Waals surface area contributed by atoms with Gasteiger partial charge in [-0.05, 0) is 67.1 Å². The van der Waals surface area contributed by atoms with Crippen molar-refractivity contribution < 1.29 is 38.6 Å². The molecular formula is C47H58N10O8S. The molecule has 350 valence electrons. The van der Waals surface area contributed by atoms with Crippen molar-refractivity contribution in [1.82, 2.24) is 40.4 Å². The van der Waals surface area contributed by atoms with E-state index in [0.717, 1.165) is 34.8 Å². The predicted octanol–water partition coefficient (Wildman–Crippen LogP) is 5.23. The SMILES string of the molecule is Cc1ncsc1-c1ccc([C@H](C)NC(=O)[C@@H]2C[C@@H](O)CN2C(=O)[C@@H](c2cc(OCCN3CCC(OC(=O)N4CCN(c5cc(-c6ccccc6O)nnc5N)CC4)CC3)no2)C(C)C)cc1. The average molecular weight is 923 g/mol. The van der Waals surface area contributed by atoms with E-state index in [-0.39, 0.29) is 66.4 Å². The zero-order valence-corrected chi connectivity index (χ0v) is 38.5. The van der Waals surface area contributed by atoms with E-state index >= 15 is 0 Å². The fourth-order valence-electron chi connectivity index (χ4n) is 8.95. The number of aromatic hydroxyl groups is 1. The monoisotopic (exact) mass is 922 g/mol. The van der Waals surface area contributed by atoms with Crippen LogP contribution in [0.15, 0.2) is 70.7 Å². The van der Waals surface area contributed by atoms with E-state index < -0.39 is 18.1 Å². The second-order valence-corrected chi connectivity index (χ2v) is 18.4. The largest absolute Gasteiger partial charge is 0.507 e. The van der Waals surface area contributed by atoms with Gasteiger partial charge in [-0.1, -0.05) is 50.2 Å². The number of phenols is 1. The molecule has 0 aliphatic carbocycles. The van der Waals surface area contributed by atoms with E-state index in [4.69, 9.17) is 19.7 Å². The molecule has 3 saturated heterocycles. The first kappa shape index (κ1) is 46.2. The molecule has 5 N–H and O–H groups in total. The molecule has 0 saturated carbocycles. The van der Waals surface area contributed by atoms with E-state index in [1.807, 2.05) is 69.6 Å². The Morgan fingerprint density at radius 2 is 1.73 bits per heavy atom. The molecule has 4 atom stereocenters. The van der Waals surface area contributed by atoms with E-state index in [1.54, 1.807) is 40.5 Å². The molecular weight excluding hydrogens is 865 g/mol. The highest BCUT2D eigenvalue weighted by Crippen LogP contribution is 2.35. The van der Waals surface area contributed by atoms with E-state index in [9.17, 15) is 24.6 Å². The van der Waals surface area contributed by atoms with Crippen molar-refractivity contribution in [2.75, 3.05) is 69.6 Å². The summed E-state index contributed by atoms with van der Waals surface area (Å²) in [6.07, 6.45) is 0.148. The number of ether oxygens (including phenoxy) is 2. The van der Waals surface area contributed by atoms with Gasteiger partial charge in [-0.15, -0.1) is 21.5 Å². The average Bonchev–Trinajstić information content (AvgIpc) is 4.07. The number of thiazole rings is 1. The topological polar surface area (TPSA) is 226 Å². The summed E-state index contributed by atoms with van der Waals surface area (Å²) >= 11 is 1.58. The number of nitrogen functional groups attached to an aromatic ring is 1. The molecule has 0 radical (unpaired) electrons. The van der Waals surface area contributed by atoms with Crippen molar-refractivity contribution in [3.05, 3.63) is 83.2 Å². The van der Waals surface area contributed by atoms with Gasteiger partial charge in [-0.25, -0.2) is 9.78 Å². The van der Waals surface area contributed by atoms with Crippen LogP contribution in [-0.4, -0.2) is 140 Å². The Morgan fingerprint density at radius 1 is 0.985 bits per heavy atom. The molecule has 18 nitrogen and oxygen atoms in total. The summed E-state index contributed by atoms with van der Waals surface area (Å²) in [5.74, 6) is -0.623. The molecule has 3 aliphatic heterocycles. The van der Waals surface area contributed by atoms with E-state index in [0.29, 0.717) is 74.9 Å². The van der Waals surface area contributed by atoms with Gasteiger partial charge in [0.2, 0.25) is 11.8 Å². The number of nitrogens with one attached hydrogen (secondary N) is 1. The first-order chi connectivity index (χ1) is 31.8. The lowest BCUT2D eigenvalue weighted by Crippen LogP contribution is -2.50. The molecule has 8 rings (SSSR count). The van der Waals surface area contributed by atoms with Crippen molar-refractivity contribution in [2.24, 2.45) is 5.92 Å². The minimum Gasteiger partial charge on any atom is -0.507 e. The number of anilines is 2. The number of carbonyl (C=O) groups excluding carboxylic acids is 3. The Balaban J connectivity index is 0.770. The number of aryl methyl sites for hydroxylation is 1. The molecule has 0 spiro atoms. The molecule has 3 fully saturated rings. The van der Waals surface area contributed by atoms with Gasteiger partial charge >= 0.3 is 6.09 Å². The quantitative estimate of drug-likeness (QED) is 0.112. The summed E-state index contributed by atoms with van der Waals surface area (Å²) in [6, 6.07) is 17.2. The van der Waals surface area contributed by atoms with Gasteiger partial charge in [0.1, 0.15) is 30.4 Å². The van der Waals surface area contributed by atoms with Crippen molar-refractivity contribution in [1.29, 1.82) is 0 Å². The zero-order valence-electron chi connectivity index (χ0n) is 37.7. The van der Waals surface area contributed by atoms with Gasteiger partial charge in [0.05, 0.1) is 39.6 Å². The van der Waals surface area contributed by atoms with Gasteiger partial charge in [-0.3, -0.25) is 14.5 Å². The highest BCUT2D eigenvalue weighted by molar-refractivity contribution is 7.13. The number of piperidine rings is 1. The third kappa shape index (κ3) is 10.5. The lowest BCUT2D eigenvalue weighted by atomic mass is 9.91. The first-order valence-electron chi connectivity index (χ1n) is 22.6. The highest BCUT2D eigenvalue weighted by atomic mass is 32.1. The number of hydrogen-bond acceptors (Lipinski definition) is 16. The van der Waals surface area contributed by atoms with Crippen LogP contribution in [-0.2, 0) is 14.3 Å². The van der Waals surface area contributed by atoms with E-state index in [1.165, 1.54) is 4.90 Å². The predicted molar refractivity (Wildman–Crippen MR) is 248 cm³/mol. The summed E-state index contributed by atoms with van der Waals surface area (Å²) in [6.45, 7) is 12.1. The lowest BCUT2D eigenvalue weighted by molar-refractivity contribution is -0.141. The molecule has 3 aromatic heterocycles. The molecule has 19 heteroatoms. The summed E-state index contributed by atoms with van der Waals surface area (Å²) in [4.78, 5) is 54.0.